The number of piperidine rings is 1. The quantitative estimate of drug-likeness (QED) is 0.804. The summed E-state index contributed by atoms with van der Waals surface area (Å²) in [6, 6.07) is 20.2. The van der Waals surface area contributed by atoms with Gasteiger partial charge < -0.3 is 16.0 Å². The third kappa shape index (κ3) is 5.41. The highest BCUT2D eigenvalue weighted by atomic mass is 16.1. The van der Waals surface area contributed by atoms with Crippen molar-refractivity contribution in [2.24, 2.45) is 5.73 Å². The van der Waals surface area contributed by atoms with E-state index in [9.17, 15) is 4.79 Å². The Morgan fingerprint density at radius 1 is 1.04 bits per heavy atom. The molecule has 0 saturated carbocycles. The predicted molar refractivity (Wildman–Crippen MR) is 106 cm³/mol. The highest BCUT2D eigenvalue weighted by Gasteiger charge is 2.21. The van der Waals surface area contributed by atoms with E-state index in [-0.39, 0.29) is 18.0 Å². The van der Waals surface area contributed by atoms with Gasteiger partial charge in [-0.25, -0.2) is 0 Å². The van der Waals surface area contributed by atoms with Crippen molar-refractivity contribution in [1.29, 1.82) is 0 Å². The highest BCUT2D eigenvalue weighted by molar-refractivity contribution is 5.94. The lowest BCUT2D eigenvalue weighted by Gasteiger charge is -2.32. The van der Waals surface area contributed by atoms with Crippen molar-refractivity contribution in [1.82, 2.24) is 10.2 Å². The summed E-state index contributed by atoms with van der Waals surface area (Å²) in [5.74, 6) is 0.0397. The van der Waals surface area contributed by atoms with Crippen LogP contribution in [-0.4, -0.2) is 36.5 Å². The standard InChI is InChI=1S/C22H29N3O/c23-21(18-8-3-1-4-9-18)12-7-15-25-16-13-20(14-17-25)24-22(26)19-10-5-2-6-11-19/h1-6,8-11,20-21H,7,12-17,23H2,(H,24,26). The van der Waals surface area contributed by atoms with Gasteiger partial charge in [-0.1, -0.05) is 48.5 Å². The number of carbonyl (C=O) groups is 1. The molecule has 1 heterocycles. The maximum Gasteiger partial charge on any atom is 0.251 e. The second-order valence-electron chi connectivity index (χ2n) is 7.11. The van der Waals surface area contributed by atoms with Crippen molar-refractivity contribution in [3.05, 3.63) is 71.8 Å². The summed E-state index contributed by atoms with van der Waals surface area (Å²) >= 11 is 0. The summed E-state index contributed by atoms with van der Waals surface area (Å²) < 4.78 is 0. The monoisotopic (exact) mass is 351 g/mol. The van der Waals surface area contributed by atoms with Gasteiger partial charge in [0.05, 0.1) is 0 Å². The zero-order valence-corrected chi connectivity index (χ0v) is 15.3. The van der Waals surface area contributed by atoms with Crippen LogP contribution in [0.2, 0.25) is 0 Å². The molecule has 2 aromatic carbocycles. The van der Waals surface area contributed by atoms with Gasteiger partial charge in [0.15, 0.2) is 0 Å². The molecule has 4 nitrogen and oxygen atoms in total. The fraction of sp³-hybridized carbons (Fsp3) is 0.409. The summed E-state index contributed by atoms with van der Waals surface area (Å²) in [5, 5.41) is 3.17. The lowest BCUT2D eigenvalue weighted by molar-refractivity contribution is 0.0910. The van der Waals surface area contributed by atoms with Crippen LogP contribution >= 0.6 is 0 Å². The Morgan fingerprint density at radius 3 is 2.31 bits per heavy atom. The topological polar surface area (TPSA) is 58.4 Å². The average Bonchev–Trinajstić information content (AvgIpc) is 2.70. The van der Waals surface area contributed by atoms with E-state index in [1.807, 2.05) is 48.5 Å². The average molecular weight is 351 g/mol. The minimum absolute atomic E-state index is 0.0397. The fourth-order valence-electron chi connectivity index (χ4n) is 3.56. The Hall–Kier alpha value is -2.17. The van der Waals surface area contributed by atoms with Gasteiger partial charge in [-0.15, -0.1) is 0 Å². The Kier molecular flexibility index (Phi) is 6.81. The van der Waals surface area contributed by atoms with Gasteiger partial charge in [-0.2, -0.15) is 0 Å². The van der Waals surface area contributed by atoms with E-state index >= 15 is 0 Å². The van der Waals surface area contributed by atoms with Crippen molar-refractivity contribution in [2.45, 2.75) is 37.8 Å². The van der Waals surface area contributed by atoms with Crippen LogP contribution in [0.3, 0.4) is 0 Å². The van der Waals surface area contributed by atoms with Crippen LogP contribution in [0.15, 0.2) is 60.7 Å². The predicted octanol–water partition coefficient (Wildman–Crippen LogP) is 3.36. The van der Waals surface area contributed by atoms with Crippen LogP contribution in [-0.2, 0) is 0 Å². The van der Waals surface area contributed by atoms with Gasteiger partial charge in [0.2, 0.25) is 0 Å². The van der Waals surface area contributed by atoms with Gasteiger partial charge in [-0.3, -0.25) is 4.79 Å². The third-order valence-electron chi connectivity index (χ3n) is 5.18. The van der Waals surface area contributed by atoms with Crippen LogP contribution in [0.25, 0.3) is 0 Å². The number of nitrogens with one attached hydrogen (secondary N) is 1. The first kappa shape index (κ1) is 18.6. The van der Waals surface area contributed by atoms with Crippen LogP contribution in [0.1, 0.15) is 47.6 Å². The van der Waals surface area contributed by atoms with Crippen molar-refractivity contribution in [3.8, 4) is 0 Å². The Balaban J connectivity index is 1.34. The maximum atomic E-state index is 12.2. The van der Waals surface area contributed by atoms with Crippen molar-refractivity contribution < 1.29 is 4.79 Å². The first-order valence-electron chi connectivity index (χ1n) is 9.61. The largest absolute Gasteiger partial charge is 0.349 e. The SMILES string of the molecule is NC(CCCN1CCC(NC(=O)c2ccccc2)CC1)c1ccccc1. The molecule has 138 valence electrons. The summed E-state index contributed by atoms with van der Waals surface area (Å²) in [6.45, 7) is 3.17. The molecule has 1 unspecified atom stereocenters. The lowest BCUT2D eigenvalue weighted by atomic mass is 10.0. The summed E-state index contributed by atoms with van der Waals surface area (Å²) in [4.78, 5) is 14.7. The number of carbonyl (C=O) groups excluding carboxylic acids is 1. The molecule has 1 amide bonds. The summed E-state index contributed by atoms with van der Waals surface area (Å²) in [6.07, 6.45) is 4.15. The molecule has 1 aliphatic heterocycles. The van der Waals surface area contributed by atoms with Crippen molar-refractivity contribution in [3.63, 3.8) is 0 Å². The second kappa shape index (κ2) is 9.51. The molecule has 3 rings (SSSR count). The smallest absolute Gasteiger partial charge is 0.251 e. The molecule has 0 radical (unpaired) electrons. The zero-order chi connectivity index (χ0) is 18.2. The molecule has 26 heavy (non-hydrogen) atoms. The second-order valence-corrected chi connectivity index (χ2v) is 7.11. The molecule has 1 fully saturated rings. The van der Waals surface area contributed by atoms with Crippen molar-refractivity contribution >= 4 is 5.91 Å². The molecular weight excluding hydrogens is 322 g/mol. The van der Waals surface area contributed by atoms with Crippen molar-refractivity contribution in [2.75, 3.05) is 19.6 Å². The molecule has 1 aliphatic rings. The molecule has 1 atom stereocenters. The van der Waals surface area contributed by atoms with E-state index in [1.165, 1.54) is 5.56 Å². The van der Waals surface area contributed by atoms with Crippen LogP contribution in [0, 0.1) is 0 Å². The van der Waals surface area contributed by atoms with Gasteiger partial charge in [0, 0.05) is 30.7 Å². The molecule has 0 bridgehead atoms. The first-order chi connectivity index (χ1) is 12.7. The van der Waals surface area contributed by atoms with E-state index in [0.717, 1.165) is 50.9 Å². The molecule has 0 aromatic heterocycles. The number of nitrogens with zero attached hydrogens (tertiary/aromatic N) is 1. The maximum absolute atomic E-state index is 12.2. The number of amides is 1. The third-order valence-corrected chi connectivity index (χ3v) is 5.18. The normalized spacial score (nSPS) is 17.0. The molecule has 1 saturated heterocycles. The van der Waals surface area contributed by atoms with Gasteiger partial charge in [0.1, 0.15) is 0 Å². The van der Waals surface area contributed by atoms with Crippen LogP contribution < -0.4 is 11.1 Å². The van der Waals surface area contributed by atoms with E-state index in [4.69, 9.17) is 5.73 Å². The Bertz CT molecular complexity index is 666. The van der Waals surface area contributed by atoms with Crippen LogP contribution in [0.5, 0.6) is 0 Å². The Labute approximate surface area is 156 Å². The van der Waals surface area contributed by atoms with Crippen LogP contribution in [0.4, 0.5) is 0 Å². The number of rotatable bonds is 7. The number of hydrogen-bond acceptors (Lipinski definition) is 3. The molecule has 0 spiro atoms. The van der Waals surface area contributed by atoms with E-state index in [1.54, 1.807) is 0 Å². The van der Waals surface area contributed by atoms with E-state index in [2.05, 4.69) is 22.3 Å². The van der Waals surface area contributed by atoms with E-state index < -0.39 is 0 Å². The zero-order valence-electron chi connectivity index (χ0n) is 15.3. The lowest BCUT2D eigenvalue weighted by Crippen LogP contribution is -2.44. The molecular formula is C22H29N3O. The number of hydrogen-bond donors (Lipinski definition) is 2. The number of nitrogens with two attached hydrogens (primary N) is 1. The molecule has 2 aromatic rings. The number of benzene rings is 2. The fourth-order valence-corrected chi connectivity index (χ4v) is 3.56. The minimum Gasteiger partial charge on any atom is -0.349 e. The summed E-state index contributed by atoms with van der Waals surface area (Å²) in [7, 11) is 0. The molecule has 3 N–H and O–H groups in total. The highest BCUT2D eigenvalue weighted by Crippen LogP contribution is 2.17. The summed E-state index contributed by atoms with van der Waals surface area (Å²) in [5.41, 5.74) is 8.23. The Morgan fingerprint density at radius 2 is 1.65 bits per heavy atom. The van der Waals surface area contributed by atoms with E-state index in [0.29, 0.717) is 0 Å². The van der Waals surface area contributed by atoms with Gasteiger partial charge in [0.25, 0.3) is 5.91 Å². The first-order valence-corrected chi connectivity index (χ1v) is 9.61. The molecule has 0 aliphatic carbocycles. The molecule has 4 heteroatoms. The number of likely N-dealkylation sites (tertiary alicyclic amines) is 1. The van der Waals surface area contributed by atoms with Gasteiger partial charge >= 0.3 is 0 Å². The minimum atomic E-state index is 0.0397. The van der Waals surface area contributed by atoms with Gasteiger partial charge in [-0.05, 0) is 49.9 Å².